The molecule has 0 fully saturated rings. The van der Waals surface area contributed by atoms with Crippen molar-refractivity contribution in [1.82, 2.24) is 0 Å². The zero-order valence-corrected chi connectivity index (χ0v) is 61.0. The number of sulfonamides is 2. The van der Waals surface area contributed by atoms with E-state index in [-0.39, 0.29) is 70.5 Å². The van der Waals surface area contributed by atoms with Gasteiger partial charge in [-0.15, -0.1) is 23.2 Å². The molecule has 0 aliphatic heterocycles. The number of anilines is 2. The molecule has 562 valence electrons. The summed E-state index contributed by atoms with van der Waals surface area (Å²) in [6.07, 6.45) is -3.68. The van der Waals surface area contributed by atoms with E-state index in [9.17, 15) is 74.7 Å². The van der Waals surface area contributed by atoms with Crippen molar-refractivity contribution in [2.75, 3.05) is 61.9 Å². The summed E-state index contributed by atoms with van der Waals surface area (Å²) in [5.41, 5.74) is -0.00272. The van der Waals surface area contributed by atoms with Crippen molar-refractivity contribution in [3.05, 3.63) is 96.1 Å². The van der Waals surface area contributed by atoms with Gasteiger partial charge in [0.05, 0.1) is 48.2 Å². The molecule has 0 heterocycles. The normalized spacial score (nSPS) is 12.3. The summed E-state index contributed by atoms with van der Waals surface area (Å²) in [6, 6.07) is 21.6. The molecule has 0 amide bonds. The number of alkyl halides is 2. The number of carboxylic acids is 1. The molecule has 101 heavy (non-hydrogen) atoms. The highest BCUT2D eigenvalue weighted by atomic mass is 35.5. The second-order valence-corrected chi connectivity index (χ2v) is 24.1. The quantitative estimate of drug-likeness (QED) is 0.00868. The van der Waals surface area contributed by atoms with Crippen molar-refractivity contribution in [2.45, 2.75) is 148 Å². The van der Waals surface area contributed by atoms with Crippen molar-refractivity contribution < 1.29 is 132 Å². The third-order valence-corrected chi connectivity index (χ3v) is 14.3. The Bertz CT molecular complexity index is 3590. The molecule has 0 spiro atoms. The van der Waals surface area contributed by atoms with E-state index in [1.165, 1.54) is 53.7 Å². The van der Waals surface area contributed by atoms with Crippen molar-refractivity contribution in [2.24, 2.45) is 10.3 Å². The van der Waals surface area contributed by atoms with Crippen molar-refractivity contribution in [3.63, 3.8) is 0 Å². The van der Waals surface area contributed by atoms with Crippen molar-refractivity contribution >= 4 is 131 Å². The van der Waals surface area contributed by atoms with Gasteiger partial charge < -0.3 is 73.0 Å². The van der Waals surface area contributed by atoms with Crippen molar-refractivity contribution in [3.8, 4) is 23.0 Å². The van der Waals surface area contributed by atoms with E-state index >= 15 is 0 Å². The van der Waals surface area contributed by atoms with Crippen LogP contribution >= 0.6 is 34.8 Å². The number of unbranched alkanes of at least 4 members (excludes halogenated alkanes) is 2. The first kappa shape index (κ1) is 92.1. The van der Waals surface area contributed by atoms with Gasteiger partial charge >= 0.3 is 59.7 Å². The summed E-state index contributed by atoms with van der Waals surface area (Å²) in [5, 5.41) is 34.3. The fraction of sp³-hybridized carbons (Fsp3) is 0.453. The van der Waals surface area contributed by atoms with Gasteiger partial charge in [0.1, 0.15) is 33.3 Å². The van der Waals surface area contributed by atoms with Gasteiger partial charge in [-0.25, -0.2) is 70.3 Å². The number of primary sulfonamides is 2. The monoisotopic (exact) mass is 1530 g/mol. The third-order valence-electron chi connectivity index (χ3n) is 11.7. The number of esters is 9. The number of aliphatic hydroxyl groups is 1. The molecule has 4 rings (SSSR count). The number of carbonyl (C=O) groups is 11. The van der Waals surface area contributed by atoms with Gasteiger partial charge in [-0.2, -0.15) is 0 Å². The molecular formula is C64H85Cl3N4O28S2. The number of carbonyl (C=O) groups excluding carboxylic acids is 10. The number of rotatable bonds is 34. The predicted octanol–water partition coefficient (Wildman–Crippen LogP) is 7.46. The minimum atomic E-state index is -4.39. The summed E-state index contributed by atoms with van der Waals surface area (Å²) < 4.78 is 103. The maximum Gasteiger partial charge on any atom is 0.347 e. The predicted molar refractivity (Wildman–Crippen MR) is 364 cm³/mol. The largest absolute Gasteiger partial charge is 0.478 e. The second-order valence-electron chi connectivity index (χ2n) is 20.1. The molecule has 8 N–H and O–H groups in total. The number of nitrogens with one attached hydrogen (secondary N) is 2. The van der Waals surface area contributed by atoms with Gasteiger partial charge in [0.2, 0.25) is 25.3 Å². The molecule has 0 aliphatic rings. The summed E-state index contributed by atoms with van der Waals surface area (Å²) in [7, 11) is -8.58. The summed E-state index contributed by atoms with van der Waals surface area (Å²) in [4.78, 5) is 124. The number of aliphatic hydroxyl groups excluding tert-OH is 1. The minimum Gasteiger partial charge on any atom is -0.478 e. The molecule has 4 aromatic carbocycles. The maximum absolute atomic E-state index is 12.8. The highest BCUT2D eigenvalue weighted by molar-refractivity contribution is 7.89. The van der Waals surface area contributed by atoms with E-state index in [1.54, 1.807) is 81.4 Å². The molecule has 32 nitrogen and oxygen atoms in total. The Morgan fingerprint density at radius 2 is 0.812 bits per heavy atom. The number of halogens is 3. The van der Waals surface area contributed by atoms with Crippen LogP contribution in [-0.4, -0.2) is 180 Å². The smallest absolute Gasteiger partial charge is 0.347 e. The lowest BCUT2D eigenvalue weighted by molar-refractivity contribution is -0.177. The highest BCUT2D eigenvalue weighted by Gasteiger charge is 2.30. The Hall–Kier alpha value is -8.90. The molecule has 4 aromatic rings. The lowest BCUT2D eigenvalue weighted by atomic mass is 10.1. The van der Waals surface area contributed by atoms with Gasteiger partial charge in [-0.1, -0.05) is 63.1 Å². The van der Waals surface area contributed by atoms with Crippen molar-refractivity contribution in [1.29, 1.82) is 0 Å². The van der Waals surface area contributed by atoms with Crippen LogP contribution in [0.4, 0.5) is 11.4 Å². The number of para-hydroxylation sites is 2. The number of hydrogen-bond acceptors (Lipinski definition) is 29. The van der Waals surface area contributed by atoms with Gasteiger partial charge in [-0.05, 0) is 135 Å². The lowest BCUT2D eigenvalue weighted by Gasteiger charge is -2.18. The van der Waals surface area contributed by atoms with Gasteiger partial charge in [-0.3, -0.25) is 9.59 Å². The van der Waals surface area contributed by atoms with Gasteiger partial charge in [0.25, 0.3) is 0 Å². The van der Waals surface area contributed by atoms with Gasteiger partial charge in [0.15, 0.2) is 48.6 Å². The van der Waals surface area contributed by atoms with E-state index in [2.05, 4.69) is 29.6 Å². The molecule has 0 unspecified atom stereocenters. The van der Waals surface area contributed by atoms with Gasteiger partial charge in [0, 0.05) is 13.1 Å². The SMILES string of the molecule is CCCCNc1cc(C(=O)O)cc(S(N)(=O)=O)c1Oc1ccccc1.CCCCNc1cc(C(=O)OCC(=O)O[C@@H](C)C(=O)O[C@@H](C)C(=O)OCC)cc(S(N)(=O)=O)c1Oc1ccccc1.CCOC(=O)[C@H](C)OC(=O)[C@H](C)O.CCOC(=O)[C@H](C)OC(=O)[C@H](C)OC(=O)CCl.O=C(Cl)CCl. The molecule has 0 radical (unpaired) electrons. The Kier molecular flexibility index (Phi) is 44.5. The molecular weight excluding hydrogens is 1440 g/mol. The summed E-state index contributed by atoms with van der Waals surface area (Å²) in [6.45, 7) is 17.3. The van der Waals surface area contributed by atoms with Crippen LogP contribution < -0.4 is 30.4 Å². The number of ether oxygens (including phenoxy) is 11. The molecule has 37 heteroatoms. The number of carboxylic acid groups (broad SMARTS) is 1. The zero-order valence-electron chi connectivity index (χ0n) is 57.1. The van der Waals surface area contributed by atoms with E-state index in [0.29, 0.717) is 24.6 Å². The minimum absolute atomic E-state index is 0.0187. The highest BCUT2D eigenvalue weighted by Crippen LogP contribution is 2.39. The van der Waals surface area contributed by atoms with Crippen LogP contribution in [0.15, 0.2) is 94.7 Å². The standard InChI is InChI=1S/C27H34N2O11S.C17H20N2O5S.C10H15ClO6.C8H14O5.C2H2Cl2O/c1-5-7-13-29-21-14-19(15-22(41(28,34)35)24(21)40-20-11-9-8-10-12-20)27(33)37-16-23(30)38-18(4)26(32)39-17(3)25(31)36-6-2;1-2-3-9-19-14-10-12(17(20)21)11-15(25(18,22)23)16(14)24-13-7-5-4-6-8-13;1-4-15-9(13)6(2)17-10(14)7(3)16-8(12)5-11;1-4-12-8(11)6(3)13-7(10)5(2)9;3-1-2(4)5/h8-12,14-15,17-18,29H,5-7,13,16H2,1-4H3,(H2,28,34,35);4-8,10-11,19H,2-3,9H2,1H3,(H,20,21)(H2,18,22,23);6-7H,4-5H2,1-3H3;5-6,9H,4H2,1-3H3;1H2/t17-,18-;;6-,7-;5-,6-;/m0.00./s1. The number of benzene rings is 4. The van der Waals surface area contributed by atoms with Crippen LogP contribution in [0.1, 0.15) is 123 Å². The first-order chi connectivity index (χ1) is 47.4. The average Bonchev–Trinajstić information content (AvgIpc) is 0.793. The van der Waals surface area contributed by atoms with Crippen LogP contribution in [0.2, 0.25) is 0 Å². The molecule has 0 bridgehead atoms. The topological polar surface area (TPSA) is 474 Å². The van der Waals surface area contributed by atoms with E-state index < -0.39 is 133 Å². The molecule has 0 saturated heterocycles. The van der Waals surface area contributed by atoms with Crippen LogP contribution in [0.5, 0.6) is 23.0 Å². The zero-order chi connectivity index (χ0) is 77.2. The van der Waals surface area contributed by atoms with E-state index in [0.717, 1.165) is 37.8 Å². The first-order valence-electron chi connectivity index (χ1n) is 30.6. The maximum atomic E-state index is 12.8. The molecule has 6 atom stereocenters. The van der Waals surface area contributed by atoms with Crippen LogP contribution in [0.25, 0.3) is 0 Å². The second kappa shape index (κ2) is 48.8. The Labute approximate surface area is 599 Å². The van der Waals surface area contributed by atoms with Crippen LogP contribution in [0, 0.1) is 0 Å². The summed E-state index contributed by atoms with van der Waals surface area (Å²) >= 11 is 14.7. The number of hydrogen-bond donors (Lipinski definition) is 6. The fourth-order valence-electron chi connectivity index (χ4n) is 6.85. The molecule has 0 saturated carbocycles. The molecule has 0 aliphatic carbocycles. The third kappa shape index (κ3) is 37.4. The fourth-order valence-corrected chi connectivity index (χ4v) is 8.32. The Morgan fingerprint density at radius 3 is 1.13 bits per heavy atom. The molecule has 0 aromatic heterocycles. The van der Waals surface area contributed by atoms with Crippen LogP contribution in [0.3, 0.4) is 0 Å². The van der Waals surface area contributed by atoms with Crippen LogP contribution in [-0.2, 0) is 106 Å². The Morgan fingerprint density at radius 1 is 0.475 bits per heavy atom. The number of aromatic carboxylic acids is 1. The summed E-state index contributed by atoms with van der Waals surface area (Å²) in [5.74, 6) is -8.71. The average molecular weight is 1530 g/mol. The van der Waals surface area contributed by atoms with E-state index in [4.69, 9.17) is 83.3 Å². The Balaban J connectivity index is 0.00000141. The number of nitrogens with two attached hydrogens (primary N) is 2. The van der Waals surface area contributed by atoms with E-state index in [1.807, 2.05) is 13.8 Å². The first-order valence-corrected chi connectivity index (χ1v) is 35.2. The lowest BCUT2D eigenvalue weighted by Crippen LogP contribution is -2.34.